The Labute approximate surface area is 170 Å². The highest BCUT2D eigenvalue weighted by Gasteiger charge is 2.01. The normalized spacial score (nSPS) is 11.0. The van der Waals surface area contributed by atoms with E-state index in [1.807, 2.05) is 18.5 Å². The zero-order valence-electron chi connectivity index (χ0n) is 15.6. The molecule has 0 spiro atoms. The molecule has 0 amide bonds. The third-order valence-corrected chi connectivity index (χ3v) is 5.54. The second-order valence-corrected chi connectivity index (χ2v) is 7.52. The SMILES string of the molecule is c1ccc(-c2ccc(CNCCNSc3cccc4cnccc34)cc2)cc1. The van der Waals surface area contributed by atoms with Crippen LogP contribution in [-0.2, 0) is 6.54 Å². The van der Waals surface area contributed by atoms with Gasteiger partial charge in [-0.3, -0.25) is 9.71 Å². The Bertz CT molecular complexity index is 1010. The molecule has 0 bridgehead atoms. The smallest absolute Gasteiger partial charge is 0.0346 e. The van der Waals surface area contributed by atoms with E-state index < -0.39 is 0 Å². The molecule has 1 heterocycles. The van der Waals surface area contributed by atoms with E-state index in [9.17, 15) is 0 Å². The van der Waals surface area contributed by atoms with Gasteiger partial charge >= 0.3 is 0 Å². The van der Waals surface area contributed by atoms with E-state index in [-0.39, 0.29) is 0 Å². The minimum atomic E-state index is 0.876. The largest absolute Gasteiger partial charge is 0.311 e. The lowest BCUT2D eigenvalue weighted by Crippen LogP contribution is -2.23. The van der Waals surface area contributed by atoms with Crippen molar-refractivity contribution in [2.45, 2.75) is 11.4 Å². The summed E-state index contributed by atoms with van der Waals surface area (Å²) >= 11 is 1.68. The van der Waals surface area contributed by atoms with Crippen LogP contribution in [0.5, 0.6) is 0 Å². The molecule has 0 aliphatic heterocycles. The van der Waals surface area contributed by atoms with Crippen LogP contribution in [-0.4, -0.2) is 18.1 Å². The molecule has 140 valence electrons. The number of pyridine rings is 1. The van der Waals surface area contributed by atoms with Crippen LogP contribution in [0, 0.1) is 0 Å². The minimum absolute atomic E-state index is 0.876. The number of hydrogen-bond acceptors (Lipinski definition) is 4. The van der Waals surface area contributed by atoms with Gasteiger partial charge in [0.15, 0.2) is 0 Å². The molecule has 1 aromatic heterocycles. The molecule has 0 unspecified atom stereocenters. The molecular formula is C24H23N3S. The highest BCUT2D eigenvalue weighted by atomic mass is 32.2. The summed E-state index contributed by atoms with van der Waals surface area (Å²) in [4.78, 5) is 5.42. The minimum Gasteiger partial charge on any atom is -0.311 e. The van der Waals surface area contributed by atoms with Crippen LogP contribution in [0.4, 0.5) is 0 Å². The van der Waals surface area contributed by atoms with E-state index in [0.717, 1.165) is 19.6 Å². The number of rotatable bonds is 8. The fourth-order valence-electron chi connectivity index (χ4n) is 3.13. The van der Waals surface area contributed by atoms with Crippen molar-refractivity contribution in [3.8, 4) is 11.1 Å². The standard InChI is InChI=1S/C24H23N3S/c1-2-5-20(6-3-1)21-11-9-19(10-12-21)17-26-15-16-27-28-24-8-4-7-22-18-25-14-13-23(22)24/h1-14,18,26-27H,15-17H2. The van der Waals surface area contributed by atoms with Gasteiger partial charge < -0.3 is 5.32 Å². The topological polar surface area (TPSA) is 37.0 Å². The van der Waals surface area contributed by atoms with Gasteiger partial charge in [-0.2, -0.15) is 0 Å². The molecule has 28 heavy (non-hydrogen) atoms. The van der Waals surface area contributed by atoms with Crippen LogP contribution in [0.2, 0.25) is 0 Å². The van der Waals surface area contributed by atoms with Gasteiger partial charge in [0, 0.05) is 42.3 Å². The molecule has 4 heteroatoms. The molecule has 4 aromatic rings. The van der Waals surface area contributed by atoms with Crippen molar-refractivity contribution >= 4 is 22.7 Å². The maximum Gasteiger partial charge on any atom is 0.0346 e. The van der Waals surface area contributed by atoms with Gasteiger partial charge in [-0.25, -0.2) is 0 Å². The van der Waals surface area contributed by atoms with E-state index in [0.29, 0.717) is 0 Å². The highest BCUT2D eigenvalue weighted by molar-refractivity contribution is 7.97. The molecule has 4 rings (SSSR count). The van der Waals surface area contributed by atoms with E-state index in [2.05, 4.69) is 87.8 Å². The lowest BCUT2D eigenvalue weighted by molar-refractivity contribution is 0.682. The zero-order valence-corrected chi connectivity index (χ0v) is 16.5. The van der Waals surface area contributed by atoms with E-state index in [4.69, 9.17) is 0 Å². The predicted molar refractivity (Wildman–Crippen MR) is 119 cm³/mol. The van der Waals surface area contributed by atoms with Crippen LogP contribution < -0.4 is 10.0 Å². The summed E-state index contributed by atoms with van der Waals surface area (Å²) in [6.07, 6.45) is 3.75. The maximum atomic E-state index is 4.19. The summed E-state index contributed by atoms with van der Waals surface area (Å²) in [7, 11) is 0. The van der Waals surface area contributed by atoms with Crippen LogP contribution in [0.25, 0.3) is 21.9 Å². The summed E-state index contributed by atoms with van der Waals surface area (Å²) in [5, 5.41) is 5.91. The van der Waals surface area contributed by atoms with E-state index in [1.54, 1.807) is 11.9 Å². The first kappa shape index (κ1) is 18.7. The fourth-order valence-corrected chi connectivity index (χ4v) is 3.93. The van der Waals surface area contributed by atoms with Crippen molar-refractivity contribution in [1.82, 2.24) is 15.0 Å². The Morgan fingerprint density at radius 2 is 1.57 bits per heavy atom. The number of nitrogens with zero attached hydrogens (tertiary/aromatic N) is 1. The van der Waals surface area contributed by atoms with Crippen LogP contribution in [0.3, 0.4) is 0 Å². The summed E-state index contributed by atoms with van der Waals surface area (Å²) in [5.41, 5.74) is 3.81. The van der Waals surface area contributed by atoms with Crippen molar-refractivity contribution in [2.75, 3.05) is 13.1 Å². The van der Waals surface area contributed by atoms with Gasteiger partial charge in [0.05, 0.1) is 0 Å². The number of aromatic nitrogens is 1. The average Bonchev–Trinajstić information content (AvgIpc) is 2.77. The molecular weight excluding hydrogens is 362 g/mol. The number of fused-ring (bicyclic) bond motifs is 1. The van der Waals surface area contributed by atoms with Crippen molar-refractivity contribution in [1.29, 1.82) is 0 Å². The van der Waals surface area contributed by atoms with Gasteiger partial charge in [0.25, 0.3) is 0 Å². The Hall–Kier alpha value is -2.66. The molecule has 3 nitrogen and oxygen atoms in total. The maximum absolute atomic E-state index is 4.19. The summed E-state index contributed by atoms with van der Waals surface area (Å²) in [6, 6.07) is 27.6. The first-order valence-electron chi connectivity index (χ1n) is 9.48. The quantitative estimate of drug-likeness (QED) is 0.319. The van der Waals surface area contributed by atoms with Crippen LogP contribution in [0.15, 0.2) is 96.2 Å². The monoisotopic (exact) mass is 385 g/mol. The summed E-state index contributed by atoms with van der Waals surface area (Å²) < 4.78 is 3.44. The van der Waals surface area contributed by atoms with Gasteiger partial charge in [0.2, 0.25) is 0 Å². The number of nitrogens with one attached hydrogen (secondary N) is 2. The molecule has 0 atom stereocenters. The zero-order chi connectivity index (χ0) is 19.0. The van der Waals surface area contributed by atoms with E-state index >= 15 is 0 Å². The number of hydrogen-bond donors (Lipinski definition) is 2. The number of benzene rings is 3. The van der Waals surface area contributed by atoms with Gasteiger partial charge in [-0.1, -0.05) is 66.7 Å². The lowest BCUT2D eigenvalue weighted by Gasteiger charge is -2.09. The molecule has 0 aliphatic carbocycles. The van der Waals surface area contributed by atoms with Crippen LogP contribution >= 0.6 is 11.9 Å². The Kier molecular flexibility index (Phi) is 6.35. The van der Waals surface area contributed by atoms with Gasteiger partial charge in [-0.05, 0) is 46.2 Å². The van der Waals surface area contributed by atoms with Crippen molar-refractivity contribution < 1.29 is 0 Å². The third-order valence-electron chi connectivity index (χ3n) is 4.62. The molecule has 0 saturated heterocycles. The molecule has 0 fully saturated rings. The highest BCUT2D eigenvalue weighted by Crippen LogP contribution is 2.25. The van der Waals surface area contributed by atoms with Crippen molar-refractivity contribution in [3.05, 3.63) is 96.8 Å². The summed E-state index contributed by atoms with van der Waals surface area (Å²) in [6.45, 7) is 2.69. The Morgan fingerprint density at radius 1 is 0.750 bits per heavy atom. The first-order chi connectivity index (χ1) is 13.9. The Balaban J connectivity index is 1.21. The fraction of sp³-hybridized carbons (Fsp3) is 0.125. The average molecular weight is 386 g/mol. The van der Waals surface area contributed by atoms with Crippen molar-refractivity contribution in [2.24, 2.45) is 0 Å². The first-order valence-corrected chi connectivity index (χ1v) is 10.3. The predicted octanol–water partition coefficient (Wildman–Crippen LogP) is 5.29. The van der Waals surface area contributed by atoms with Gasteiger partial charge in [0.1, 0.15) is 0 Å². The molecule has 2 N–H and O–H groups in total. The third kappa shape index (κ3) is 4.78. The van der Waals surface area contributed by atoms with E-state index in [1.165, 1.54) is 32.4 Å². The Morgan fingerprint density at radius 3 is 2.43 bits per heavy atom. The summed E-state index contributed by atoms with van der Waals surface area (Å²) in [5.74, 6) is 0. The van der Waals surface area contributed by atoms with Gasteiger partial charge in [-0.15, -0.1) is 0 Å². The van der Waals surface area contributed by atoms with Crippen LogP contribution in [0.1, 0.15) is 5.56 Å². The van der Waals surface area contributed by atoms with Crippen molar-refractivity contribution in [3.63, 3.8) is 0 Å². The lowest BCUT2D eigenvalue weighted by atomic mass is 10.0. The molecule has 0 aliphatic rings. The molecule has 0 saturated carbocycles. The second-order valence-electron chi connectivity index (χ2n) is 6.59. The second kappa shape index (κ2) is 9.51. The molecule has 3 aromatic carbocycles. The molecule has 0 radical (unpaired) electrons.